The SMILES string of the molecule is CCn1nc(C)cc1CC(CCC1CCCCO1)NN. The Morgan fingerprint density at radius 3 is 3.05 bits per heavy atom. The Morgan fingerprint density at radius 2 is 2.40 bits per heavy atom. The molecule has 2 rings (SSSR count). The van der Waals surface area contributed by atoms with Gasteiger partial charge in [-0.2, -0.15) is 5.10 Å². The second kappa shape index (κ2) is 7.76. The number of nitrogens with zero attached hydrogens (tertiary/aromatic N) is 2. The van der Waals surface area contributed by atoms with Crippen LogP contribution < -0.4 is 11.3 Å². The molecule has 5 heteroatoms. The lowest BCUT2D eigenvalue weighted by Crippen LogP contribution is -2.38. The minimum atomic E-state index is 0.293. The van der Waals surface area contributed by atoms with Crippen LogP contribution in [-0.4, -0.2) is 28.5 Å². The third kappa shape index (κ3) is 4.30. The van der Waals surface area contributed by atoms with E-state index < -0.39 is 0 Å². The molecule has 5 nitrogen and oxygen atoms in total. The van der Waals surface area contributed by atoms with Crippen LogP contribution in [0.5, 0.6) is 0 Å². The van der Waals surface area contributed by atoms with Crippen molar-refractivity contribution in [1.82, 2.24) is 15.2 Å². The third-order valence-corrected chi connectivity index (χ3v) is 4.09. The minimum absolute atomic E-state index is 0.293. The zero-order chi connectivity index (χ0) is 14.4. The second-order valence-electron chi connectivity index (χ2n) is 5.73. The van der Waals surface area contributed by atoms with Crippen LogP contribution in [0.1, 0.15) is 50.4 Å². The molecule has 1 aliphatic rings. The minimum Gasteiger partial charge on any atom is -0.378 e. The zero-order valence-electron chi connectivity index (χ0n) is 12.8. The molecule has 1 fully saturated rings. The molecule has 1 aromatic rings. The van der Waals surface area contributed by atoms with Crippen molar-refractivity contribution < 1.29 is 4.74 Å². The summed E-state index contributed by atoms with van der Waals surface area (Å²) in [6, 6.07) is 2.45. The lowest BCUT2D eigenvalue weighted by molar-refractivity contribution is 0.00855. The van der Waals surface area contributed by atoms with Crippen LogP contribution in [0.25, 0.3) is 0 Å². The fraction of sp³-hybridized carbons (Fsp3) is 0.800. The summed E-state index contributed by atoms with van der Waals surface area (Å²) in [5.74, 6) is 5.71. The molecule has 2 unspecified atom stereocenters. The molecule has 1 saturated heterocycles. The van der Waals surface area contributed by atoms with Gasteiger partial charge in [0.05, 0.1) is 11.8 Å². The van der Waals surface area contributed by atoms with Crippen molar-refractivity contribution in [2.24, 2.45) is 5.84 Å². The molecule has 1 aliphatic heterocycles. The summed E-state index contributed by atoms with van der Waals surface area (Å²) in [6.07, 6.45) is 7.21. The van der Waals surface area contributed by atoms with Gasteiger partial charge in [-0.3, -0.25) is 16.0 Å². The monoisotopic (exact) mass is 280 g/mol. The van der Waals surface area contributed by atoms with Crippen LogP contribution in [0, 0.1) is 6.92 Å². The number of hydrogen-bond donors (Lipinski definition) is 2. The molecule has 0 saturated carbocycles. The van der Waals surface area contributed by atoms with Gasteiger partial charge in [0.1, 0.15) is 0 Å². The van der Waals surface area contributed by atoms with Crippen LogP contribution >= 0.6 is 0 Å². The van der Waals surface area contributed by atoms with Crippen LogP contribution in [0.4, 0.5) is 0 Å². The number of aryl methyl sites for hydroxylation is 2. The predicted molar refractivity (Wildman–Crippen MR) is 80.3 cm³/mol. The molecule has 0 aromatic carbocycles. The van der Waals surface area contributed by atoms with Gasteiger partial charge in [0.25, 0.3) is 0 Å². The van der Waals surface area contributed by atoms with E-state index in [4.69, 9.17) is 10.6 Å². The molecule has 114 valence electrons. The van der Waals surface area contributed by atoms with Crippen LogP contribution in [-0.2, 0) is 17.7 Å². The van der Waals surface area contributed by atoms with Crippen molar-refractivity contribution >= 4 is 0 Å². The zero-order valence-corrected chi connectivity index (χ0v) is 12.8. The number of hydrazine groups is 1. The highest BCUT2D eigenvalue weighted by Crippen LogP contribution is 2.19. The van der Waals surface area contributed by atoms with Crippen molar-refractivity contribution in [1.29, 1.82) is 0 Å². The fourth-order valence-electron chi connectivity index (χ4n) is 2.96. The Morgan fingerprint density at radius 1 is 1.55 bits per heavy atom. The van der Waals surface area contributed by atoms with E-state index in [2.05, 4.69) is 28.2 Å². The van der Waals surface area contributed by atoms with Gasteiger partial charge >= 0.3 is 0 Å². The highest BCUT2D eigenvalue weighted by atomic mass is 16.5. The van der Waals surface area contributed by atoms with E-state index in [1.165, 1.54) is 25.0 Å². The first-order chi connectivity index (χ1) is 9.72. The van der Waals surface area contributed by atoms with Gasteiger partial charge in [0.15, 0.2) is 0 Å². The van der Waals surface area contributed by atoms with Gasteiger partial charge < -0.3 is 4.74 Å². The first-order valence-electron chi connectivity index (χ1n) is 7.84. The summed E-state index contributed by atoms with van der Waals surface area (Å²) in [5, 5.41) is 4.49. The lowest BCUT2D eigenvalue weighted by atomic mass is 9.99. The van der Waals surface area contributed by atoms with E-state index in [-0.39, 0.29) is 0 Å². The summed E-state index contributed by atoms with van der Waals surface area (Å²) in [6.45, 7) is 5.99. The summed E-state index contributed by atoms with van der Waals surface area (Å²) < 4.78 is 7.85. The fourth-order valence-corrected chi connectivity index (χ4v) is 2.96. The Balaban J connectivity index is 1.84. The summed E-state index contributed by atoms with van der Waals surface area (Å²) in [5.41, 5.74) is 5.29. The number of aromatic nitrogens is 2. The van der Waals surface area contributed by atoms with Gasteiger partial charge in [0.2, 0.25) is 0 Å². The molecule has 1 aromatic heterocycles. The molecule has 0 radical (unpaired) electrons. The van der Waals surface area contributed by atoms with E-state index in [0.717, 1.165) is 38.1 Å². The van der Waals surface area contributed by atoms with E-state index in [9.17, 15) is 0 Å². The van der Waals surface area contributed by atoms with Gasteiger partial charge in [0, 0.05) is 31.3 Å². The normalized spacial score (nSPS) is 21.1. The van der Waals surface area contributed by atoms with E-state index in [1.807, 2.05) is 6.92 Å². The molecule has 20 heavy (non-hydrogen) atoms. The smallest absolute Gasteiger partial charge is 0.0596 e. The van der Waals surface area contributed by atoms with Crippen molar-refractivity contribution in [2.75, 3.05) is 6.61 Å². The average molecular weight is 280 g/mol. The Kier molecular flexibility index (Phi) is 6.01. The maximum absolute atomic E-state index is 5.79. The third-order valence-electron chi connectivity index (χ3n) is 4.09. The van der Waals surface area contributed by atoms with Crippen LogP contribution in [0.15, 0.2) is 6.07 Å². The molecule has 0 aliphatic carbocycles. The quantitative estimate of drug-likeness (QED) is 0.592. The molecular formula is C15H28N4O. The number of rotatable bonds is 7. The van der Waals surface area contributed by atoms with Gasteiger partial charge in [-0.05, 0) is 52.0 Å². The number of ether oxygens (including phenoxy) is 1. The first kappa shape index (κ1) is 15.5. The molecule has 0 amide bonds. The topological polar surface area (TPSA) is 65.1 Å². The van der Waals surface area contributed by atoms with Gasteiger partial charge in [-0.15, -0.1) is 0 Å². The molecule has 3 N–H and O–H groups in total. The maximum atomic E-state index is 5.79. The predicted octanol–water partition coefficient (Wildman–Crippen LogP) is 1.94. The number of hydrogen-bond acceptors (Lipinski definition) is 4. The standard InChI is InChI=1S/C15H28N4O/c1-3-19-14(10-12(2)18-19)11-13(17-16)7-8-15-6-4-5-9-20-15/h10,13,15,17H,3-9,11,16H2,1-2H3. The van der Waals surface area contributed by atoms with E-state index >= 15 is 0 Å². The number of nitrogens with one attached hydrogen (secondary N) is 1. The largest absolute Gasteiger partial charge is 0.378 e. The Bertz CT molecular complexity index is 399. The summed E-state index contributed by atoms with van der Waals surface area (Å²) in [7, 11) is 0. The van der Waals surface area contributed by atoms with Crippen molar-refractivity contribution in [2.45, 2.75) is 71.1 Å². The van der Waals surface area contributed by atoms with Crippen LogP contribution in [0.3, 0.4) is 0 Å². The van der Waals surface area contributed by atoms with E-state index in [0.29, 0.717) is 12.1 Å². The summed E-state index contributed by atoms with van der Waals surface area (Å²) in [4.78, 5) is 0. The molecule has 0 bridgehead atoms. The van der Waals surface area contributed by atoms with Gasteiger partial charge in [-0.25, -0.2) is 0 Å². The highest BCUT2D eigenvalue weighted by Gasteiger charge is 2.17. The van der Waals surface area contributed by atoms with Crippen molar-refractivity contribution in [3.8, 4) is 0 Å². The van der Waals surface area contributed by atoms with E-state index in [1.54, 1.807) is 0 Å². The second-order valence-corrected chi connectivity index (χ2v) is 5.73. The van der Waals surface area contributed by atoms with Crippen LogP contribution in [0.2, 0.25) is 0 Å². The number of nitrogens with two attached hydrogens (primary N) is 1. The Labute approximate surface area is 121 Å². The van der Waals surface area contributed by atoms with Gasteiger partial charge in [-0.1, -0.05) is 0 Å². The molecule has 0 spiro atoms. The van der Waals surface area contributed by atoms with Crippen molar-refractivity contribution in [3.05, 3.63) is 17.5 Å². The molecule has 2 atom stereocenters. The highest BCUT2D eigenvalue weighted by molar-refractivity contribution is 5.10. The summed E-state index contributed by atoms with van der Waals surface area (Å²) >= 11 is 0. The first-order valence-corrected chi connectivity index (χ1v) is 7.84. The molecule has 2 heterocycles. The Hall–Kier alpha value is -0.910. The molecular weight excluding hydrogens is 252 g/mol. The maximum Gasteiger partial charge on any atom is 0.0596 e. The lowest BCUT2D eigenvalue weighted by Gasteiger charge is -2.24. The average Bonchev–Trinajstić information content (AvgIpc) is 2.84. The van der Waals surface area contributed by atoms with Crippen molar-refractivity contribution in [3.63, 3.8) is 0 Å².